The van der Waals surface area contributed by atoms with Gasteiger partial charge in [0.25, 0.3) is 0 Å². The largest absolute Gasteiger partial charge is 0.497 e. The van der Waals surface area contributed by atoms with Crippen LogP contribution in [0.3, 0.4) is 0 Å². The molecule has 0 amide bonds. The van der Waals surface area contributed by atoms with Crippen LogP contribution >= 0.6 is 24.0 Å². The van der Waals surface area contributed by atoms with Crippen molar-refractivity contribution < 1.29 is 9.13 Å². The van der Waals surface area contributed by atoms with Gasteiger partial charge in [-0.15, -0.1) is 24.0 Å². The maximum atomic E-state index is 13.5. The summed E-state index contributed by atoms with van der Waals surface area (Å²) in [4.78, 5) is 8.09. The molecule has 0 bridgehead atoms. The quantitative estimate of drug-likeness (QED) is 0.435. The van der Waals surface area contributed by atoms with Crippen molar-refractivity contribution in [1.82, 2.24) is 15.6 Å². The number of guanidine groups is 1. The number of nitrogens with zero attached hydrogens (tertiary/aromatic N) is 2. The zero-order valence-corrected chi connectivity index (χ0v) is 15.4. The minimum absolute atomic E-state index is 0. The summed E-state index contributed by atoms with van der Waals surface area (Å²) in [5.41, 5.74) is 1.41. The summed E-state index contributed by atoms with van der Waals surface area (Å²) >= 11 is 0. The van der Waals surface area contributed by atoms with E-state index < -0.39 is 0 Å². The van der Waals surface area contributed by atoms with Crippen LogP contribution in [0.1, 0.15) is 11.3 Å². The first-order valence-electron chi connectivity index (χ1n) is 6.89. The molecule has 0 aliphatic carbocycles. The van der Waals surface area contributed by atoms with Crippen molar-refractivity contribution in [2.75, 3.05) is 14.2 Å². The van der Waals surface area contributed by atoms with Crippen LogP contribution in [0, 0.1) is 5.82 Å². The molecule has 0 aliphatic rings. The maximum Gasteiger partial charge on any atom is 0.191 e. The molecule has 0 saturated carbocycles. The van der Waals surface area contributed by atoms with Crippen molar-refractivity contribution in [3.05, 3.63) is 59.7 Å². The van der Waals surface area contributed by atoms with Crippen LogP contribution in [0.2, 0.25) is 0 Å². The standard InChI is InChI=1S/C16H19FN4O.HI/c1-18-16(21-11-15-14(17)7-4-8-19-15)20-10-12-5-3-6-13(9-12)22-2;/h3-9H,10-11H2,1-2H3,(H2,18,20,21);1H. The number of aliphatic imine (C=N–C) groups is 1. The van der Waals surface area contributed by atoms with E-state index in [0.29, 0.717) is 18.2 Å². The Hall–Kier alpha value is -1.90. The van der Waals surface area contributed by atoms with Gasteiger partial charge in [-0.1, -0.05) is 12.1 Å². The van der Waals surface area contributed by atoms with E-state index in [1.165, 1.54) is 6.07 Å². The number of ether oxygens (including phenoxy) is 1. The van der Waals surface area contributed by atoms with Gasteiger partial charge in [0.1, 0.15) is 11.6 Å². The number of aromatic nitrogens is 1. The Balaban J connectivity index is 0.00000264. The number of pyridine rings is 1. The SMILES string of the molecule is CN=C(NCc1cccc(OC)c1)NCc1ncccc1F.I. The van der Waals surface area contributed by atoms with Crippen LogP contribution in [-0.4, -0.2) is 25.1 Å². The molecule has 1 aromatic heterocycles. The molecule has 0 radical (unpaired) electrons. The minimum atomic E-state index is -0.335. The second-order valence-corrected chi connectivity index (χ2v) is 4.56. The Labute approximate surface area is 152 Å². The van der Waals surface area contributed by atoms with Crippen LogP contribution in [0.15, 0.2) is 47.6 Å². The number of rotatable bonds is 5. The van der Waals surface area contributed by atoms with Crippen LogP contribution in [0.25, 0.3) is 0 Å². The highest BCUT2D eigenvalue weighted by atomic mass is 127. The summed E-state index contributed by atoms with van der Waals surface area (Å²) in [6, 6.07) is 10.7. The topological polar surface area (TPSA) is 58.5 Å². The lowest BCUT2D eigenvalue weighted by atomic mass is 10.2. The van der Waals surface area contributed by atoms with Crippen LogP contribution < -0.4 is 15.4 Å². The van der Waals surface area contributed by atoms with Gasteiger partial charge < -0.3 is 15.4 Å². The highest BCUT2D eigenvalue weighted by Gasteiger charge is 2.04. The lowest BCUT2D eigenvalue weighted by Crippen LogP contribution is -2.36. The molecule has 1 aromatic carbocycles. The number of halogens is 2. The maximum absolute atomic E-state index is 13.5. The fourth-order valence-corrected chi connectivity index (χ4v) is 1.90. The van der Waals surface area contributed by atoms with E-state index in [-0.39, 0.29) is 36.3 Å². The first-order chi connectivity index (χ1) is 10.7. The Morgan fingerprint density at radius 2 is 2.00 bits per heavy atom. The zero-order valence-electron chi connectivity index (χ0n) is 13.0. The van der Waals surface area contributed by atoms with Crippen molar-refractivity contribution in [2.45, 2.75) is 13.1 Å². The fourth-order valence-electron chi connectivity index (χ4n) is 1.90. The van der Waals surface area contributed by atoms with E-state index in [0.717, 1.165) is 11.3 Å². The molecule has 0 atom stereocenters. The summed E-state index contributed by atoms with van der Waals surface area (Å²) < 4.78 is 18.7. The molecule has 124 valence electrons. The van der Waals surface area contributed by atoms with Crippen molar-refractivity contribution in [2.24, 2.45) is 4.99 Å². The Morgan fingerprint density at radius 3 is 2.70 bits per heavy atom. The molecule has 7 heteroatoms. The highest BCUT2D eigenvalue weighted by molar-refractivity contribution is 14.0. The molecule has 0 unspecified atom stereocenters. The van der Waals surface area contributed by atoms with Crippen LogP contribution in [-0.2, 0) is 13.1 Å². The second kappa shape index (κ2) is 9.98. The van der Waals surface area contributed by atoms with E-state index in [2.05, 4.69) is 20.6 Å². The number of benzene rings is 1. The normalized spacial score (nSPS) is 10.7. The predicted molar refractivity (Wildman–Crippen MR) is 99.6 cm³/mol. The molecule has 23 heavy (non-hydrogen) atoms. The molecular formula is C16H20FIN4O. The monoisotopic (exact) mass is 430 g/mol. The number of methoxy groups -OCH3 is 1. The molecule has 5 nitrogen and oxygen atoms in total. The molecule has 0 fully saturated rings. The Bertz CT molecular complexity index is 651. The van der Waals surface area contributed by atoms with Gasteiger partial charge in [0.05, 0.1) is 19.3 Å². The minimum Gasteiger partial charge on any atom is -0.497 e. The van der Waals surface area contributed by atoms with Gasteiger partial charge in [0.2, 0.25) is 0 Å². The van der Waals surface area contributed by atoms with Gasteiger partial charge in [-0.05, 0) is 29.8 Å². The molecule has 0 spiro atoms. The van der Waals surface area contributed by atoms with E-state index in [4.69, 9.17) is 4.74 Å². The van der Waals surface area contributed by atoms with E-state index in [1.54, 1.807) is 26.4 Å². The lowest BCUT2D eigenvalue weighted by molar-refractivity contribution is 0.414. The molecule has 0 saturated heterocycles. The van der Waals surface area contributed by atoms with Crippen molar-refractivity contribution >= 4 is 29.9 Å². The summed E-state index contributed by atoms with van der Waals surface area (Å²) in [7, 11) is 3.30. The van der Waals surface area contributed by atoms with Gasteiger partial charge in [0, 0.05) is 19.8 Å². The molecular weight excluding hydrogens is 410 g/mol. The molecule has 0 aliphatic heterocycles. The highest BCUT2D eigenvalue weighted by Crippen LogP contribution is 2.12. The van der Waals surface area contributed by atoms with E-state index in [9.17, 15) is 4.39 Å². The summed E-state index contributed by atoms with van der Waals surface area (Å²) in [5, 5.41) is 6.19. The Kier molecular flexibility index (Phi) is 8.31. The third-order valence-corrected chi connectivity index (χ3v) is 3.08. The smallest absolute Gasteiger partial charge is 0.191 e. The Morgan fingerprint density at radius 1 is 1.22 bits per heavy atom. The van der Waals surface area contributed by atoms with Crippen molar-refractivity contribution in [1.29, 1.82) is 0 Å². The van der Waals surface area contributed by atoms with Crippen molar-refractivity contribution in [3.8, 4) is 5.75 Å². The summed E-state index contributed by atoms with van der Waals surface area (Å²) in [6.07, 6.45) is 1.56. The second-order valence-electron chi connectivity index (χ2n) is 4.56. The van der Waals surface area contributed by atoms with Gasteiger partial charge >= 0.3 is 0 Å². The predicted octanol–water partition coefficient (Wildman–Crippen LogP) is 2.71. The average Bonchev–Trinajstić information content (AvgIpc) is 2.56. The summed E-state index contributed by atoms with van der Waals surface area (Å²) in [6.45, 7) is 0.853. The third-order valence-electron chi connectivity index (χ3n) is 3.08. The molecule has 2 rings (SSSR count). The first kappa shape index (κ1) is 19.1. The van der Waals surface area contributed by atoms with E-state index >= 15 is 0 Å². The molecule has 1 heterocycles. The van der Waals surface area contributed by atoms with Crippen LogP contribution in [0.4, 0.5) is 4.39 Å². The molecule has 2 N–H and O–H groups in total. The van der Waals surface area contributed by atoms with Crippen LogP contribution in [0.5, 0.6) is 5.75 Å². The van der Waals surface area contributed by atoms with Gasteiger partial charge in [-0.3, -0.25) is 9.98 Å². The fraction of sp³-hybridized carbons (Fsp3) is 0.250. The third kappa shape index (κ3) is 6.01. The average molecular weight is 430 g/mol. The van der Waals surface area contributed by atoms with Crippen molar-refractivity contribution in [3.63, 3.8) is 0 Å². The number of nitrogens with one attached hydrogen (secondary N) is 2. The van der Waals surface area contributed by atoms with E-state index in [1.807, 2.05) is 24.3 Å². The van der Waals surface area contributed by atoms with Gasteiger partial charge in [-0.2, -0.15) is 0 Å². The lowest BCUT2D eigenvalue weighted by Gasteiger charge is -2.12. The number of hydrogen-bond donors (Lipinski definition) is 2. The number of hydrogen-bond acceptors (Lipinski definition) is 3. The first-order valence-corrected chi connectivity index (χ1v) is 6.89. The van der Waals surface area contributed by atoms with Gasteiger partial charge in [-0.25, -0.2) is 4.39 Å². The molecule has 2 aromatic rings. The summed E-state index contributed by atoms with van der Waals surface area (Å²) in [5.74, 6) is 1.05. The zero-order chi connectivity index (χ0) is 15.8. The van der Waals surface area contributed by atoms with Gasteiger partial charge in [0.15, 0.2) is 5.96 Å².